The zero-order chi connectivity index (χ0) is 9.56. The van der Waals surface area contributed by atoms with Gasteiger partial charge >= 0.3 is 0 Å². The molecule has 0 aromatic heterocycles. The minimum atomic E-state index is -0.0510. The van der Waals surface area contributed by atoms with Crippen LogP contribution in [-0.2, 0) is 0 Å². The van der Waals surface area contributed by atoms with Crippen LogP contribution in [0.25, 0.3) is 0 Å². The SMILES string of the molecule is C/C=N\C(NC=N)=C(\C)C(=N)N. The van der Waals surface area contributed by atoms with Gasteiger partial charge in [-0.25, -0.2) is 4.99 Å². The average molecular weight is 167 g/mol. The van der Waals surface area contributed by atoms with Crippen LogP contribution in [-0.4, -0.2) is 18.4 Å². The van der Waals surface area contributed by atoms with Crippen molar-refractivity contribution in [3.05, 3.63) is 11.4 Å². The van der Waals surface area contributed by atoms with Gasteiger partial charge < -0.3 is 11.1 Å². The Bertz CT molecular complexity index is 238. The molecule has 12 heavy (non-hydrogen) atoms. The van der Waals surface area contributed by atoms with Gasteiger partial charge in [0, 0.05) is 11.8 Å². The van der Waals surface area contributed by atoms with E-state index in [0.29, 0.717) is 11.4 Å². The first-order chi connectivity index (χ1) is 5.63. The van der Waals surface area contributed by atoms with Gasteiger partial charge in [-0.05, 0) is 13.8 Å². The number of nitrogens with two attached hydrogens (primary N) is 1. The molecule has 0 fully saturated rings. The monoisotopic (exact) mass is 167 g/mol. The summed E-state index contributed by atoms with van der Waals surface area (Å²) in [4.78, 5) is 3.91. The van der Waals surface area contributed by atoms with Crippen molar-refractivity contribution in [3.8, 4) is 0 Å². The molecule has 0 aliphatic carbocycles. The van der Waals surface area contributed by atoms with Crippen molar-refractivity contribution < 1.29 is 0 Å². The van der Waals surface area contributed by atoms with E-state index in [4.69, 9.17) is 16.6 Å². The average Bonchev–Trinajstić information content (AvgIpc) is 2.03. The normalized spacial score (nSPS) is 12.5. The molecule has 0 radical (unpaired) electrons. The van der Waals surface area contributed by atoms with Crippen LogP contribution in [0, 0.1) is 10.8 Å². The van der Waals surface area contributed by atoms with Crippen LogP contribution in [0.3, 0.4) is 0 Å². The third-order valence-corrected chi connectivity index (χ3v) is 1.23. The van der Waals surface area contributed by atoms with Crippen molar-refractivity contribution >= 4 is 18.4 Å². The summed E-state index contributed by atoms with van der Waals surface area (Å²) < 4.78 is 0. The first-order valence-corrected chi connectivity index (χ1v) is 3.43. The highest BCUT2D eigenvalue weighted by molar-refractivity contribution is 5.94. The van der Waals surface area contributed by atoms with Crippen molar-refractivity contribution in [3.63, 3.8) is 0 Å². The van der Waals surface area contributed by atoms with E-state index >= 15 is 0 Å². The highest BCUT2D eigenvalue weighted by Gasteiger charge is 2.00. The molecule has 5 heteroatoms. The summed E-state index contributed by atoms with van der Waals surface area (Å²) in [6, 6.07) is 0. The molecule has 66 valence electrons. The van der Waals surface area contributed by atoms with Gasteiger partial charge in [-0.1, -0.05) is 0 Å². The van der Waals surface area contributed by atoms with E-state index in [1.54, 1.807) is 20.1 Å². The number of hydrogen-bond acceptors (Lipinski definition) is 3. The standard InChI is InChI=1S/C7H13N5/c1-3-11-7(12-4-8)5(2)6(9)10/h3-4H,1-2H3,(H2,8,12)(H3,9,10)/b7-5+,11-3-. The predicted octanol–water partition coefficient (Wildman–Crippen LogP) is 0.441. The van der Waals surface area contributed by atoms with Gasteiger partial charge in [0.2, 0.25) is 0 Å². The summed E-state index contributed by atoms with van der Waals surface area (Å²) >= 11 is 0. The fourth-order valence-electron chi connectivity index (χ4n) is 0.567. The first kappa shape index (κ1) is 10.3. The number of amidine groups is 1. The Kier molecular flexibility index (Phi) is 4.36. The van der Waals surface area contributed by atoms with Crippen molar-refractivity contribution in [2.24, 2.45) is 10.7 Å². The van der Waals surface area contributed by atoms with E-state index < -0.39 is 0 Å². The van der Waals surface area contributed by atoms with Gasteiger partial charge in [-0.15, -0.1) is 0 Å². The van der Waals surface area contributed by atoms with E-state index in [9.17, 15) is 0 Å². The van der Waals surface area contributed by atoms with Crippen LogP contribution < -0.4 is 11.1 Å². The molecular formula is C7H13N5. The third-order valence-electron chi connectivity index (χ3n) is 1.23. The lowest BCUT2D eigenvalue weighted by Crippen LogP contribution is -2.18. The van der Waals surface area contributed by atoms with Crippen LogP contribution in [0.1, 0.15) is 13.8 Å². The highest BCUT2D eigenvalue weighted by Crippen LogP contribution is 1.99. The van der Waals surface area contributed by atoms with Crippen LogP contribution in [0.5, 0.6) is 0 Å². The molecule has 0 rings (SSSR count). The molecule has 5 N–H and O–H groups in total. The molecular weight excluding hydrogens is 154 g/mol. The lowest BCUT2D eigenvalue weighted by Gasteiger charge is -2.04. The molecule has 0 amide bonds. The van der Waals surface area contributed by atoms with Gasteiger partial charge in [0.05, 0.1) is 6.34 Å². The van der Waals surface area contributed by atoms with Gasteiger partial charge in [0.25, 0.3) is 0 Å². The number of aliphatic imine (C=N–C) groups is 1. The van der Waals surface area contributed by atoms with Crippen LogP contribution in [0.2, 0.25) is 0 Å². The third kappa shape index (κ3) is 2.96. The number of nitrogens with zero attached hydrogens (tertiary/aromatic N) is 1. The molecule has 0 aliphatic heterocycles. The summed E-state index contributed by atoms with van der Waals surface area (Å²) in [7, 11) is 0. The number of rotatable bonds is 4. The van der Waals surface area contributed by atoms with Gasteiger partial charge in [-0.3, -0.25) is 10.8 Å². The smallest absolute Gasteiger partial charge is 0.137 e. The maximum Gasteiger partial charge on any atom is 0.137 e. The molecule has 5 nitrogen and oxygen atoms in total. The lowest BCUT2D eigenvalue weighted by molar-refractivity contribution is 1.06. The van der Waals surface area contributed by atoms with Gasteiger partial charge in [0.1, 0.15) is 11.7 Å². The summed E-state index contributed by atoms with van der Waals surface area (Å²) in [6.45, 7) is 3.42. The van der Waals surface area contributed by atoms with E-state index in [1.165, 1.54) is 0 Å². The Balaban J connectivity index is 4.78. The van der Waals surface area contributed by atoms with Crippen LogP contribution in [0.4, 0.5) is 0 Å². The molecule has 0 saturated heterocycles. The second kappa shape index (κ2) is 5.06. The number of nitrogens with one attached hydrogen (secondary N) is 3. The fourth-order valence-corrected chi connectivity index (χ4v) is 0.567. The largest absolute Gasteiger partial charge is 0.384 e. The van der Waals surface area contributed by atoms with Crippen molar-refractivity contribution in [1.82, 2.24) is 5.32 Å². The van der Waals surface area contributed by atoms with Crippen molar-refractivity contribution in [2.45, 2.75) is 13.8 Å². The topological polar surface area (TPSA) is 98.1 Å². The summed E-state index contributed by atoms with van der Waals surface area (Å²) in [5.41, 5.74) is 5.76. The Morgan fingerprint density at radius 3 is 2.50 bits per heavy atom. The lowest BCUT2D eigenvalue weighted by atomic mass is 10.3. The second-order valence-corrected chi connectivity index (χ2v) is 2.06. The molecule has 0 spiro atoms. The fraction of sp³-hybridized carbons (Fsp3) is 0.286. The van der Waals surface area contributed by atoms with Crippen LogP contribution >= 0.6 is 0 Å². The molecule has 0 atom stereocenters. The van der Waals surface area contributed by atoms with Crippen molar-refractivity contribution in [1.29, 1.82) is 10.8 Å². The Hall–Kier alpha value is -1.65. The molecule has 0 unspecified atom stereocenters. The van der Waals surface area contributed by atoms with Crippen molar-refractivity contribution in [2.75, 3.05) is 0 Å². The summed E-state index contributed by atoms with van der Waals surface area (Å²) in [5, 5.41) is 16.5. The minimum Gasteiger partial charge on any atom is -0.384 e. The molecule has 0 heterocycles. The quantitative estimate of drug-likeness (QED) is 0.361. The van der Waals surface area contributed by atoms with Gasteiger partial charge in [0.15, 0.2) is 0 Å². The second-order valence-electron chi connectivity index (χ2n) is 2.06. The molecule has 0 saturated carbocycles. The molecule has 0 bridgehead atoms. The van der Waals surface area contributed by atoms with Crippen LogP contribution in [0.15, 0.2) is 16.4 Å². The van der Waals surface area contributed by atoms with Gasteiger partial charge in [-0.2, -0.15) is 0 Å². The van der Waals surface area contributed by atoms with E-state index in [0.717, 1.165) is 6.34 Å². The number of hydrogen-bond donors (Lipinski definition) is 4. The summed E-state index contributed by atoms with van der Waals surface area (Å²) in [6.07, 6.45) is 2.56. The highest BCUT2D eigenvalue weighted by atomic mass is 15.0. The zero-order valence-electron chi connectivity index (χ0n) is 7.18. The maximum atomic E-state index is 7.12. The zero-order valence-corrected chi connectivity index (χ0v) is 7.18. The van der Waals surface area contributed by atoms with E-state index in [-0.39, 0.29) is 5.84 Å². The first-order valence-electron chi connectivity index (χ1n) is 3.43. The minimum absolute atomic E-state index is 0.0510. The molecule has 0 aromatic carbocycles. The Morgan fingerprint density at radius 1 is 1.58 bits per heavy atom. The maximum absolute atomic E-state index is 7.12. The Morgan fingerprint density at radius 2 is 2.17 bits per heavy atom. The molecule has 0 aliphatic rings. The Labute approximate surface area is 71.4 Å². The van der Waals surface area contributed by atoms with E-state index in [1.807, 2.05) is 0 Å². The predicted molar refractivity (Wildman–Crippen MR) is 50.7 cm³/mol. The summed E-state index contributed by atoms with van der Waals surface area (Å²) in [5.74, 6) is 0.380. The molecule has 0 aromatic rings. The van der Waals surface area contributed by atoms with E-state index in [2.05, 4.69) is 10.3 Å².